The van der Waals surface area contributed by atoms with Crippen LogP contribution in [0.5, 0.6) is 0 Å². The number of carbonyl (C=O) groups is 3. The summed E-state index contributed by atoms with van der Waals surface area (Å²) in [6, 6.07) is 16.8. The van der Waals surface area contributed by atoms with Crippen LogP contribution < -0.4 is 0 Å². The minimum atomic E-state index is -0.364. The fraction of sp³-hybridized carbons (Fsp3) is 0.292. The minimum Gasteiger partial charge on any atom is -0.465 e. The quantitative estimate of drug-likeness (QED) is 0.511. The highest BCUT2D eigenvalue weighted by Crippen LogP contribution is 2.21. The molecule has 3 rings (SSSR count). The van der Waals surface area contributed by atoms with Gasteiger partial charge in [0.05, 0.1) is 18.7 Å². The summed E-state index contributed by atoms with van der Waals surface area (Å²) >= 11 is 0. The van der Waals surface area contributed by atoms with Crippen LogP contribution in [-0.2, 0) is 27.2 Å². The van der Waals surface area contributed by atoms with Crippen LogP contribution in [0.25, 0.3) is 0 Å². The molecule has 0 saturated carbocycles. The highest BCUT2D eigenvalue weighted by molar-refractivity contribution is 5.91. The Kier molecular flexibility index (Phi) is 6.95. The number of nitrogens with zero attached hydrogens (tertiary/aromatic N) is 1. The van der Waals surface area contributed by atoms with Gasteiger partial charge in [0.25, 0.3) is 0 Å². The second-order valence-electron chi connectivity index (χ2n) is 7.12. The molecular formula is C24H25NO4. The zero-order valence-corrected chi connectivity index (χ0v) is 16.5. The second kappa shape index (κ2) is 9.82. The van der Waals surface area contributed by atoms with Crippen molar-refractivity contribution in [2.24, 2.45) is 0 Å². The molecular weight excluding hydrogens is 366 g/mol. The van der Waals surface area contributed by atoms with Gasteiger partial charge < -0.3 is 9.64 Å². The van der Waals surface area contributed by atoms with Gasteiger partial charge in [-0.2, -0.15) is 0 Å². The molecule has 0 N–H and O–H groups in total. The lowest BCUT2D eigenvalue weighted by molar-refractivity contribution is -0.128. The van der Waals surface area contributed by atoms with Gasteiger partial charge in [-0.25, -0.2) is 4.79 Å². The monoisotopic (exact) mass is 391 g/mol. The summed E-state index contributed by atoms with van der Waals surface area (Å²) in [6.45, 7) is 0.582. The summed E-state index contributed by atoms with van der Waals surface area (Å²) in [5.74, 6) is -0.216. The highest BCUT2D eigenvalue weighted by atomic mass is 16.5. The Labute approximate surface area is 171 Å². The van der Waals surface area contributed by atoms with Gasteiger partial charge in [0, 0.05) is 19.4 Å². The van der Waals surface area contributed by atoms with Crippen molar-refractivity contribution >= 4 is 17.7 Å². The largest absolute Gasteiger partial charge is 0.465 e. The van der Waals surface area contributed by atoms with Crippen molar-refractivity contribution in [3.05, 3.63) is 83.4 Å². The van der Waals surface area contributed by atoms with E-state index in [2.05, 4.69) is 0 Å². The van der Waals surface area contributed by atoms with E-state index in [1.54, 1.807) is 18.2 Å². The first-order chi connectivity index (χ1) is 14.1. The molecule has 0 aromatic heterocycles. The van der Waals surface area contributed by atoms with Gasteiger partial charge in [0.15, 0.2) is 5.78 Å². The summed E-state index contributed by atoms with van der Waals surface area (Å²) in [6.07, 6.45) is 5.75. The predicted molar refractivity (Wildman–Crippen MR) is 111 cm³/mol. The molecule has 1 amide bonds. The van der Waals surface area contributed by atoms with Crippen molar-refractivity contribution in [3.8, 4) is 0 Å². The van der Waals surface area contributed by atoms with Gasteiger partial charge in [-0.3, -0.25) is 9.59 Å². The van der Waals surface area contributed by atoms with Crippen LogP contribution in [0.2, 0.25) is 0 Å². The van der Waals surface area contributed by atoms with E-state index in [-0.39, 0.29) is 23.7 Å². The van der Waals surface area contributed by atoms with Crippen LogP contribution >= 0.6 is 0 Å². The summed E-state index contributed by atoms with van der Waals surface area (Å²) in [4.78, 5) is 37.8. The van der Waals surface area contributed by atoms with E-state index in [0.29, 0.717) is 31.4 Å². The molecule has 1 fully saturated rings. The third-order valence-electron chi connectivity index (χ3n) is 5.12. The molecule has 0 spiro atoms. The van der Waals surface area contributed by atoms with Gasteiger partial charge in [0.2, 0.25) is 5.91 Å². The molecule has 1 aliphatic rings. The van der Waals surface area contributed by atoms with E-state index >= 15 is 0 Å². The molecule has 2 aromatic carbocycles. The lowest BCUT2D eigenvalue weighted by atomic mass is 10.1. The fourth-order valence-corrected chi connectivity index (χ4v) is 3.50. The van der Waals surface area contributed by atoms with Crippen LogP contribution in [0.4, 0.5) is 0 Å². The summed E-state index contributed by atoms with van der Waals surface area (Å²) < 4.78 is 4.70. The minimum absolute atomic E-state index is 0.0360. The summed E-state index contributed by atoms with van der Waals surface area (Å²) in [5.41, 5.74) is 2.53. The zero-order chi connectivity index (χ0) is 20.6. The fourth-order valence-electron chi connectivity index (χ4n) is 3.50. The number of amides is 1. The molecule has 2 aromatic rings. The topological polar surface area (TPSA) is 63.7 Å². The van der Waals surface area contributed by atoms with Crippen molar-refractivity contribution in [3.63, 3.8) is 0 Å². The molecule has 1 heterocycles. The first-order valence-electron chi connectivity index (χ1n) is 9.78. The first-order valence-corrected chi connectivity index (χ1v) is 9.78. The van der Waals surface area contributed by atoms with E-state index in [0.717, 1.165) is 17.5 Å². The Morgan fingerprint density at radius 3 is 2.48 bits per heavy atom. The molecule has 1 aliphatic heterocycles. The van der Waals surface area contributed by atoms with Gasteiger partial charge in [-0.1, -0.05) is 48.5 Å². The van der Waals surface area contributed by atoms with Gasteiger partial charge in [-0.15, -0.1) is 0 Å². The third-order valence-corrected chi connectivity index (χ3v) is 5.12. The van der Waals surface area contributed by atoms with Crippen molar-refractivity contribution in [2.75, 3.05) is 13.7 Å². The Balaban J connectivity index is 1.56. The van der Waals surface area contributed by atoms with Crippen LogP contribution in [0.1, 0.15) is 34.3 Å². The molecule has 29 heavy (non-hydrogen) atoms. The standard InChI is InChI=1S/C24H25NO4/c1-29-24(28)20-9-7-18(8-10-20)15-16-25-21(12-14-23(25)27)11-13-22(26)17-19-5-3-2-4-6-19/h2-11,13,21H,12,14-17H2,1H3/b13-11+/t21-/m0/s1. The molecule has 0 aliphatic carbocycles. The van der Waals surface area contributed by atoms with Gasteiger partial charge >= 0.3 is 5.97 Å². The number of hydrogen-bond donors (Lipinski definition) is 0. The van der Waals surface area contributed by atoms with E-state index < -0.39 is 0 Å². The molecule has 5 heteroatoms. The molecule has 0 radical (unpaired) electrons. The Hall–Kier alpha value is -3.21. The number of allylic oxidation sites excluding steroid dienone is 1. The van der Waals surface area contributed by atoms with E-state index in [4.69, 9.17) is 4.74 Å². The Bertz CT molecular complexity index is 887. The number of carbonyl (C=O) groups excluding carboxylic acids is 3. The van der Waals surface area contributed by atoms with E-state index in [9.17, 15) is 14.4 Å². The third kappa shape index (κ3) is 5.64. The van der Waals surface area contributed by atoms with Crippen molar-refractivity contribution in [2.45, 2.75) is 31.7 Å². The van der Waals surface area contributed by atoms with Gasteiger partial charge in [0.1, 0.15) is 0 Å². The molecule has 1 atom stereocenters. The summed E-state index contributed by atoms with van der Waals surface area (Å²) in [5, 5.41) is 0. The maximum Gasteiger partial charge on any atom is 0.337 e. The Morgan fingerprint density at radius 2 is 1.79 bits per heavy atom. The maximum absolute atomic E-state index is 12.3. The number of benzene rings is 2. The molecule has 0 bridgehead atoms. The average Bonchev–Trinajstić information content (AvgIpc) is 3.10. The lowest BCUT2D eigenvalue weighted by Crippen LogP contribution is -2.33. The number of likely N-dealkylation sites (tertiary alicyclic amines) is 1. The first kappa shape index (κ1) is 20.5. The highest BCUT2D eigenvalue weighted by Gasteiger charge is 2.28. The number of ketones is 1. The number of esters is 1. The summed E-state index contributed by atoms with van der Waals surface area (Å²) in [7, 11) is 1.35. The Morgan fingerprint density at radius 1 is 1.07 bits per heavy atom. The molecule has 150 valence electrons. The number of methoxy groups -OCH3 is 1. The second-order valence-corrected chi connectivity index (χ2v) is 7.12. The number of ether oxygens (including phenoxy) is 1. The smallest absolute Gasteiger partial charge is 0.337 e. The van der Waals surface area contributed by atoms with Crippen molar-refractivity contribution in [1.82, 2.24) is 4.90 Å². The predicted octanol–water partition coefficient (Wildman–Crippen LogP) is 3.37. The van der Waals surface area contributed by atoms with Crippen LogP contribution in [0.15, 0.2) is 66.7 Å². The van der Waals surface area contributed by atoms with Crippen LogP contribution in [-0.4, -0.2) is 42.3 Å². The normalized spacial score (nSPS) is 16.4. The van der Waals surface area contributed by atoms with Gasteiger partial charge in [-0.05, 0) is 42.2 Å². The SMILES string of the molecule is COC(=O)c1ccc(CCN2C(=O)CC[C@@H]2/C=C/C(=O)Cc2ccccc2)cc1. The number of hydrogen-bond acceptors (Lipinski definition) is 4. The van der Waals surface area contributed by atoms with Crippen molar-refractivity contribution < 1.29 is 19.1 Å². The molecule has 1 saturated heterocycles. The zero-order valence-electron chi connectivity index (χ0n) is 16.5. The molecule has 0 unspecified atom stereocenters. The lowest BCUT2D eigenvalue weighted by Gasteiger charge is -2.22. The van der Waals surface area contributed by atoms with E-state index in [1.165, 1.54) is 7.11 Å². The van der Waals surface area contributed by atoms with E-state index in [1.807, 2.05) is 53.4 Å². The number of rotatable bonds is 8. The van der Waals surface area contributed by atoms with Crippen LogP contribution in [0, 0.1) is 0 Å². The van der Waals surface area contributed by atoms with Crippen LogP contribution in [0.3, 0.4) is 0 Å². The molecule has 5 nitrogen and oxygen atoms in total. The maximum atomic E-state index is 12.3. The average molecular weight is 391 g/mol. The van der Waals surface area contributed by atoms with Crippen molar-refractivity contribution in [1.29, 1.82) is 0 Å².